The molecule has 0 saturated carbocycles. The van der Waals surface area contributed by atoms with Gasteiger partial charge in [-0.15, -0.1) is 0 Å². The van der Waals surface area contributed by atoms with Crippen LogP contribution in [0.1, 0.15) is 24.5 Å². The lowest BCUT2D eigenvalue weighted by molar-refractivity contribution is -0.124. The highest BCUT2D eigenvalue weighted by Gasteiger charge is 2.51. The van der Waals surface area contributed by atoms with Gasteiger partial charge in [-0.05, 0) is 55.2 Å². The van der Waals surface area contributed by atoms with Crippen LogP contribution in [-0.2, 0) is 21.6 Å². The molecule has 0 bridgehead atoms. The van der Waals surface area contributed by atoms with Crippen molar-refractivity contribution in [2.45, 2.75) is 31.4 Å². The van der Waals surface area contributed by atoms with E-state index in [-0.39, 0.29) is 11.5 Å². The summed E-state index contributed by atoms with van der Waals surface area (Å²) in [4.78, 5) is 17.0. The van der Waals surface area contributed by atoms with Gasteiger partial charge in [-0.1, -0.05) is 12.1 Å². The van der Waals surface area contributed by atoms with Crippen LogP contribution in [0.3, 0.4) is 0 Å². The number of H-pyrrole nitrogens is 1. The molecule has 6 nitrogen and oxygen atoms in total. The molecule has 0 spiro atoms. The van der Waals surface area contributed by atoms with Crippen molar-refractivity contribution < 1.29 is 9.53 Å². The Bertz CT molecular complexity index is 895. The Kier molecular flexibility index (Phi) is 4.70. The van der Waals surface area contributed by atoms with Crippen LogP contribution in [0.25, 0.3) is 10.9 Å². The number of piperidine rings is 1. The number of carbonyl (C=O) groups is 1. The molecule has 2 aliphatic rings. The lowest BCUT2D eigenvalue weighted by atomic mass is 9.68. The van der Waals surface area contributed by atoms with Crippen molar-refractivity contribution in [2.75, 3.05) is 27.2 Å². The van der Waals surface area contributed by atoms with Crippen molar-refractivity contribution in [1.82, 2.24) is 20.5 Å². The number of amides is 1. The minimum absolute atomic E-state index is 0.152. The maximum atomic E-state index is 11.2. The Balaban J connectivity index is 1.64. The van der Waals surface area contributed by atoms with Gasteiger partial charge in [-0.2, -0.15) is 0 Å². The van der Waals surface area contributed by atoms with Crippen molar-refractivity contribution in [3.05, 3.63) is 35.5 Å². The molecule has 27 heavy (non-hydrogen) atoms. The number of methoxy groups -OCH3 is 1. The highest BCUT2D eigenvalue weighted by molar-refractivity contribution is 7.80. The SMILES string of the molecule is COC12C[C@@H](CNC(=S)NC(C)=O)CN(C)[C@@H]1Cc1c[nH]c3cccc2c13. The van der Waals surface area contributed by atoms with Gasteiger partial charge >= 0.3 is 0 Å². The molecule has 3 atom stereocenters. The molecule has 1 aliphatic heterocycles. The maximum absolute atomic E-state index is 11.2. The van der Waals surface area contributed by atoms with Gasteiger partial charge in [0.05, 0.1) is 0 Å². The number of hydrogen-bond acceptors (Lipinski definition) is 4. The largest absolute Gasteiger partial charge is 0.372 e. The molecule has 1 aromatic heterocycles. The van der Waals surface area contributed by atoms with E-state index in [0.717, 1.165) is 19.4 Å². The Hall–Kier alpha value is -1.96. The standard InChI is InChI=1S/C20H26N4O2S/c1-12(25)23-19(27)22-9-13-8-20(26-3)15-5-4-6-16-18(15)14(10-21-16)7-17(20)24(2)11-13/h4-6,10,13,17,21H,7-9,11H2,1-3H3,(H2,22,23,25,27)/t13-,17+,20?/m0/s1. The number of rotatable bonds is 3. The minimum Gasteiger partial charge on any atom is -0.372 e. The Morgan fingerprint density at radius 3 is 3.04 bits per heavy atom. The quantitative estimate of drug-likeness (QED) is 0.703. The molecule has 1 saturated heterocycles. The van der Waals surface area contributed by atoms with Gasteiger partial charge in [-0.3, -0.25) is 9.69 Å². The van der Waals surface area contributed by atoms with Crippen molar-refractivity contribution in [2.24, 2.45) is 5.92 Å². The molecule has 1 unspecified atom stereocenters. The third-order valence-corrected chi connectivity index (χ3v) is 6.32. The normalized spacial score (nSPS) is 27.2. The Labute approximate surface area is 164 Å². The summed E-state index contributed by atoms with van der Waals surface area (Å²) in [5.41, 5.74) is 3.47. The number of ether oxygens (including phenoxy) is 1. The zero-order chi connectivity index (χ0) is 19.2. The molecular formula is C20H26N4O2S. The van der Waals surface area contributed by atoms with E-state index in [0.29, 0.717) is 23.6 Å². The van der Waals surface area contributed by atoms with Crippen molar-refractivity contribution in [1.29, 1.82) is 0 Å². The maximum Gasteiger partial charge on any atom is 0.222 e. The summed E-state index contributed by atoms with van der Waals surface area (Å²) >= 11 is 5.20. The summed E-state index contributed by atoms with van der Waals surface area (Å²) in [6.45, 7) is 3.13. The van der Waals surface area contributed by atoms with E-state index in [9.17, 15) is 4.79 Å². The first-order valence-electron chi connectivity index (χ1n) is 9.35. The first kappa shape index (κ1) is 18.4. The molecule has 0 radical (unpaired) electrons. The highest BCUT2D eigenvalue weighted by atomic mass is 32.1. The lowest BCUT2D eigenvalue weighted by Crippen LogP contribution is -2.60. The van der Waals surface area contributed by atoms with Gasteiger partial charge in [0.15, 0.2) is 5.11 Å². The average molecular weight is 387 g/mol. The molecular weight excluding hydrogens is 360 g/mol. The fourth-order valence-electron chi connectivity index (χ4n) is 5.01. The summed E-state index contributed by atoms with van der Waals surface area (Å²) in [6.07, 6.45) is 4.03. The number of aromatic nitrogens is 1. The third kappa shape index (κ3) is 3.03. The first-order chi connectivity index (χ1) is 12.9. The number of nitrogens with zero attached hydrogens (tertiary/aromatic N) is 1. The van der Waals surface area contributed by atoms with Crippen LogP contribution in [0.2, 0.25) is 0 Å². The lowest BCUT2D eigenvalue weighted by Gasteiger charge is -2.53. The third-order valence-electron chi connectivity index (χ3n) is 6.07. The van der Waals surface area contributed by atoms with Crippen LogP contribution in [0.4, 0.5) is 0 Å². The average Bonchev–Trinajstić information content (AvgIpc) is 3.05. The Morgan fingerprint density at radius 2 is 2.30 bits per heavy atom. The molecule has 2 heterocycles. The van der Waals surface area contributed by atoms with E-state index in [1.165, 1.54) is 29.0 Å². The number of likely N-dealkylation sites (tertiary alicyclic amines) is 1. The van der Waals surface area contributed by atoms with Crippen LogP contribution >= 0.6 is 12.2 Å². The molecule has 144 valence electrons. The second-order valence-corrected chi connectivity index (χ2v) is 8.16. The van der Waals surface area contributed by atoms with E-state index in [1.54, 1.807) is 0 Å². The number of benzene rings is 1. The van der Waals surface area contributed by atoms with E-state index >= 15 is 0 Å². The van der Waals surface area contributed by atoms with Gasteiger partial charge in [0, 0.05) is 50.3 Å². The van der Waals surface area contributed by atoms with Crippen LogP contribution in [0.15, 0.2) is 24.4 Å². The summed E-state index contributed by atoms with van der Waals surface area (Å²) in [6, 6.07) is 6.74. The molecule has 1 amide bonds. The number of fused-ring (bicyclic) bond motifs is 2. The molecule has 1 aliphatic carbocycles. The zero-order valence-corrected chi connectivity index (χ0v) is 16.8. The van der Waals surface area contributed by atoms with Gasteiger partial charge in [0.1, 0.15) is 5.60 Å². The molecule has 1 fully saturated rings. The second-order valence-electron chi connectivity index (χ2n) is 7.76. The van der Waals surface area contributed by atoms with Gasteiger partial charge in [-0.25, -0.2) is 0 Å². The summed E-state index contributed by atoms with van der Waals surface area (Å²) in [5, 5.41) is 7.52. The molecule has 3 N–H and O–H groups in total. The van der Waals surface area contributed by atoms with Crippen LogP contribution in [0, 0.1) is 5.92 Å². The highest BCUT2D eigenvalue weighted by Crippen LogP contribution is 2.49. The van der Waals surface area contributed by atoms with Crippen LogP contribution in [-0.4, -0.2) is 54.2 Å². The number of nitrogens with one attached hydrogen (secondary N) is 3. The molecule has 1 aromatic carbocycles. The number of hydrogen-bond donors (Lipinski definition) is 3. The topological polar surface area (TPSA) is 69.4 Å². The summed E-state index contributed by atoms with van der Waals surface area (Å²) in [5.74, 6) is 0.203. The van der Waals surface area contributed by atoms with E-state index in [2.05, 4.69) is 52.0 Å². The number of thiocarbonyl (C=S) groups is 1. The monoisotopic (exact) mass is 386 g/mol. The van der Waals surface area contributed by atoms with Crippen molar-refractivity contribution >= 4 is 34.1 Å². The number of carbonyl (C=O) groups excluding carboxylic acids is 1. The Morgan fingerprint density at radius 1 is 1.48 bits per heavy atom. The molecule has 4 rings (SSSR count). The second kappa shape index (κ2) is 6.89. The minimum atomic E-state index is -0.344. The van der Waals surface area contributed by atoms with E-state index < -0.39 is 0 Å². The predicted octanol–water partition coefficient (Wildman–Crippen LogP) is 1.90. The fourth-order valence-corrected chi connectivity index (χ4v) is 5.24. The van der Waals surface area contributed by atoms with Crippen molar-refractivity contribution in [3.63, 3.8) is 0 Å². The van der Waals surface area contributed by atoms with Gasteiger partial charge < -0.3 is 20.4 Å². The van der Waals surface area contributed by atoms with Crippen molar-refractivity contribution in [3.8, 4) is 0 Å². The zero-order valence-electron chi connectivity index (χ0n) is 16.0. The van der Waals surface area contributed by atoms with Crippen LogP contribution in [0.5, 0.6) is 0 Å². The van der Waals surface area contributed by atoms with E-state index in [1.807, 2.05) is 7.11 Å². The van der Waals surface area contributed by atoms with Crippen LogP contribution < -0.4 is 10.6 Å². The molecule has 2 aromatic rings. The van der Waals surface area contributed by atoms with Gasteiger partial charge in [0.2, 0.25) is 5.91 Å². The number of likely N-dealkylation sites (N-methyl/N-ethyl adjacent to an activating group) is 1. The number of aromatic amines is 1. The van der Waals surface area contributed by atoms with Gasteiger partial charge in [0.25, 0.3) is 0 Å². The first-order valence-corrected chi connectivity index (χ1v) is 9.75. The fraction of sp³-hybridized carbons (Fsp3) is 0.500. The smallest absolute Gasteiger partial charge is 0.222 e. The summed E-state index contributed by atoms with van der Waals surface area (Å²) < 4.78 is 6.29. The summed E-state index contributed by atoms with van der Waals surface area (Å²) in [7, 11) is 4.00. The predicted molar refractivity (Wildman–Crippen MR) is 110 cm³/mol. The molecule has 7 heteroatoms. The van der Waals surface area contributed by atoms with E-state index in [4.69, 9.17) is 17.0 Å².